The van der Waals surface area contributed by atoms with Crippen molar-refractivity contribution < 1.29 is 4.74 Å². The largest absolute Gasteiger partial charge is 0.496 e. The number of benzene rings is 1. The van der Waals surface area contributed by atoms with Crippen LogP contribution >= 0.6 is 0 Å². The molecule has 0 aromatic heterocycles. The maximum atomic E-state index is 5.48. The Morgan fingerprint density at radius 3 is 2.52 bits per heavy atom. The zero-order valence-electron chi connectivity index (χ0n) is 13.9. The summed E-state index contributed by atoms with van der Waals surface area (Å²) in [5.74, 6) is 1.76. The second kappa shape index (κ2) is 7.81. The van der Waals surface area contributed by atoms with Crippen LogP contribution in [0.3, 0.4) is 0 Å². The summed E-state index contributed by atoms with van der Waals surface area (Å²) in [4.78, 5) is 2.55. The van der Waals surface area contributed by atoms with Gasteiger partial charge in [0, 0.05) is 17.6 Å². The first kappa shape index (κ1) is 16.3. The first-order chi connectivity index (χ1) is 10.2. The number of rotatable bonds is 6. The number of likely N-dealkylation sites (tertiary alicyclic amines) is 1. The topological polar surface area (TPSA) is 24.5 Å². The fourth-order valence-corrected chi connectivity index (χ4v) is 3.41. The van der Waals surface area contributed by atoms with Gasteiger partial charge in [0.25, 0.3) is 0 Å². The van der Waals surface area contributed by atoms with E-state index in [-0.39, 0.29) is 0 Å². The highest BCUT2D eigenvalue weighted by atomic mass is 16.5. The molecule has 3 heteroatoms. The molecule has 0 amide bonds. The predicted octanol–water partition coefficient (Wildman–Crippen LogP) is 3.47. The van der Waals surface area contributed by atoms with Gasteiger partial charge >= 0.3 is 0 Å². The lowest BCUT2D eigenvalue weighted by molar-refractivity contribution is 0.165. The van der Waals surface area contributed by atoms with E-state index in [0.717, 1.165) is 11.7 Å². The van der Waals surface area contributed by atoms with Gasteiger partial charge in [0.15, 0.2) is 0 Å². The molecule has 21 heavy (non-hydrogen) atoms. The van der Waals surface area contributed by atoms with Crippen molar-refractivity contribution >= 4 is 0 Å². The number of nitrogens with zero attached hydrogens (tertiary/aromatic N) is 1. The molecule has 1 aromatic carbocycles. The van der Waals surface area contributed by atoms with Crippen LogP contribution < -0.4 is 10.1 Å². The van der Waals surface area contributed by atoms with E-state index >= 15 is 0 Å². The van der Waals surface area contributed by atoms with Crippen molar-refractivity contribution in [1.82, 2.24) is 10.2 Å². The molecule has 0 aliphatic carbocycles. The van der Waals surface area contributed by atoms with Crippen molar-refractivity contribution in [3.05, 3.63) is 29.8 Å². The lowest BCUT2D eigenvalue weighted by Crippen LogP contribution is -2.42. The third kappa shape index (κ3) is 4.21. The first-order valence-electron chi connectivity index (χ1n) is 8.27. The summed E-state index contributed by atoms with van der Waals surface area (Å²) in [6, 6.07) is 9.17. The second-order valence-corrected chi connectivity index (χ2v) is 6.19. The number of hydrogen-bond donors (Lipinski definition) is 1. The van der Waals surface area contributed by atoms with E-state index in [9.17, 15) is 0 Å². The van der Waals surface area contributed by atoms with Gasteiger partial charge in [0.05, 0.1) is 7.11 Å². The van der Waals surface area contributed by atoms with Crippen LogP contribution in [0.5, 0.6) is 5.75 Å². The monoisotopic (exact) mass is 290 g/mol. The van der Waals surface area contributed by atoms with E-state index in [1.165, 1.54) is 38.0 Å². The second-order valence-electron chi connectivity index (χ2n) is 6.19. The van der Waals surface area contributed by atoms with Gasteiger partial charge in [-0.2, -0.15) is 0 Å². The maximum Gasteiger partial charge on any atom is 0.123 e. The van der Waals surface area contributed by atoms with Crippen molar-refractivity contribution in [2.75, 3.05) is 26.7 Å². The molecule has 3 nitrogen and oxygen atoms in total. The zero-order chi connectivity index (χ0) is 15.2. The molecular weight excluding hydrogens is 260 g/mol. The van der Waals surface area contributed by atoms with Crippen LogP contribution in [-0.2, 0) is 0 Å². The SMILES string of the molecule is CCN1CCC(C(C)N[C@H](C)c2ccccc2OC)CC1. The molecule has 1 heterocycles. The third-order valence-corrected chi connectivity index (χ3v) is 4.90. The van der Waals surface area contributed by atoms with Crippen LogP contribution in [0.4, 0.5) is 0 Å². The van der Waals surface area contributed by atoms with Gasteiger partial charge in [-0.1, -0.05) is 25.1 Å². The Morgan fingerprint density at radius 2 is 1.90 bits per heavy atom. The standard InChI is InChI=1S/C18H30N2O/c1-5-20-12-10-16(11-13-20)14(2)19-15(3)17-8-6-7-9-18(17)21-4/h6-9,14-16,19H,5,10-13H2,1-4H3/t14?,15-/m1/s1. The van der Waals surface area contributed by atoms with Crippen LogP contribution in [0, 0.1) is 5.92 Å². The summed E-state index contributed by atoms with van der Waals surface area (Å²) in [5, 5.41) is 3.77. The summed E-state index contributed by atoms with van der Waals surface area (Å²) in [6.07, 6.45) is 2.61. The van der Waals surface area contributed by atoms with Gasteiger partial charge in [0.2, 0.25) is 0 Å². The van der Waals surface area contributed by atoms with Crippen molar-refractivity contribution in [2.45, 2.75) is 45.7 Å². The van der Waals surface area contributed by atoms with Crippen molar-refractivity contribution in [3.63, 3.8) is 0 Å². The molecule has 1 fully saturated rings. The van der Waals surface area contributed by atoms with E-state index in [1.807, 2.05) is 12.1 Å². The highest BCUT2D eigenvalue weighted by molar-refractivity contribution is 5.35. The van der Waals surface area contributed by atoms with E-state index in [0.29, 0.717) is 12.1 Å². The molecule has 118 valence electrons. The number of ether oxygens (including phenoxy) is 1. The van der Waals surface area contributed by atoms with Crippen molar-refractivity contribution in [3.8, 4) is 5.75 Å². The highest BCUT2D eigenvalue weighted by Gasteiger charge is 2.24. The average Bonchev–Trinajstić information content (AvgIpc) is 2.54. The van der Waals surface area contributed by atoms with E-state index in [2.05, 4.69) is 43.1 Å². The Morgan fingerprint density at radius 1 is 1.24 bits per heavy atom. The van der Waals surface area contributed by atoms with Crippen molar-refractivity contribution in [2.24, 2.45) is 5.92 Å². The minimum absolute atomic E-state index is 0.320. The van der Waals surface area contributed by atoms with Gasteiger partial charge in [-0.15, -0.1) is 0 Å². The number of para-hydroxylation sites is 1. The van der Waals surface area contributed by atoms with E-state index in [1.54, 1.807) is 7.11 Å². The summed E-state index contributed by atoms with van der Waals surface area (Å²) in [7, 11) is 1.75. The Bertz CT molecular complexity index is 427. The van der Waals surface area contributed by atoms with Crippen LogP contribution in [0.1, 0.15) is 45.2 Å². The molecule has 0 bridgehead atoms. The number of methoxy groups -OCH3 is 1. The molecule has 2 rings (SSSR count). The summed E-state index contributed by atoms with van der Waals surface area (Å²) in [6.45, 7) is 10.5. The fourth-order valence-electron chi connectivity index (χ4n) is 3.41. The number of piperidine rings is 1. The molecule has 0 spiro atoms. The predicted molar refractivity (Wildman–Crippen MR) is 88.8 cm³/mol. The molecule has 1 unspecified atom stereocenters. The van der Waals surface area contributed by atoms with E-state index < -0.39 is 0 Å². The number of nitrogens with one attached hydrogen (secondary N) is 1. The fraction of sp³-hybridized carbons (Fsp3) is 0.667. The lowest BCUT2D eigenvalue weighted by atomic mass is 9.89. The highest BCUT2D eigenvalue weighted by Crippen LogP contribution is 2.27. The molecule has 1 N–H and O–H groups in total. The van der Waals surface area contributed by atoms with Gasteiger partial charge < -0.3 is 15.0 Å². The minimum Gasteiger partial charge on any atom is -0.496 e. The molecule has 2 atom stereocenters. The smallest absolute Gasteiger partial charge is 0.123 e. The normalized spacial score (nSPS) is 20.2. The molecule has 1 saturated heterocycles. The molecular formula is C18H30N2O. The summed E-state index contributed by atoms with van der Waals surface area (Å²) in [5.41, 5.74) is 1.25. The lowest BCUT2D eigenvalue weighted by Gasteiger charge is -2.35. The Kier molecular flexibility index (Phi) is 6.07. The average molecular weight is 290 g/mol. The molecule has 0 radical (unpaired) electrons. The van der Waals surface area contributed by atoms with Gasteiger partial charge in [-0.05, 0) is 58.3 Å². The maximum absolute atomic E-state index is 5.48. The number of hydrogen-bond acceptors (Lipinski definition) is 3. The van der Waals surface area contributed by atoms with Crippen molar-refractivity contribution in [1.29, 1.82) is 0 Å². The Balaban J connectivity index is 1.91. The van der Waals surface area contributed by atoms with E-state index in [4.69, 9.17) is 4.74 Å². The summed E-state index contributed by atoms with van der Waals surface area (Å²) >= 11 is 0. The minimum atomic E-state index is 0.320. The molecule has 1 aromatic rings. The van der Waals surface area contributed by atoms with Crippen LogP contribution in [-0.4, -0.2) is 37.7 Å². The van der Waals surface area contributed by atoms with Crippen LogP contribution in [0.2, 0.25) is 0 Å². The van der Waals surface area contributed by atoms with Crippen LogP contribution in [0.15, 0.2) is 24.3 Å². The molecule has 1 aliphatic rings. The molecule has 0 saturated carbocycles. The Labute approximate surface area is 129 Å². The zero-order valence-corrected chi connectivity index (χ0v) is 13.9. The molecule has 1 aliphatic heterocycles. The Hall–Kier alpha value is -1.06. The summed E-state index contributed by atoms with van der Waals surface area (Å²) < 4.78 is 5.48. The van der Waals surface area contributed by atoms with Crippen LogP contribution in [0.25, 0.3) is 0 Å². The first-order valence-corrected chi connectivity index (χ1v) is 8.27. The van der Waals surface area contributed by atoms with Gasteiger partial charge in [-0.25, -0.2) is 0 Å². The third-order valence-electron chi connectivity index (χ3n) is 4.90. The quantitative estimate of drug-likeness (QED) is 0.868. The van der Waals surface area contributed by atoms with Gasteiger partial charge in [0.1, 0.15) is 5.75 Å². The van der Waals surface area contributed by atoms with Gasteiger partial charge in [-0.3, -0.25) is 0 Å².